The van der Waals surface area contributed by atoms with Gasteiger partial charge in [0.1, 0.15) is 0 Å². The van der Waals surface area contributed by atoms with Gasteiger partial charge in [-0.25, -0.2) is 0 Å². The van der Waals surface area contributed by atoms with E-state index in [-0.39, 0.29) is 0 Å². The van der Waals surface area contributed by atoms with E-state index in [1.54, 1.807) is 0 Å². The number of hydrogen-bond donors (Lipinski definition) is 1. The highest BCUT2D eigenvalue weighted by Crippen LogP contribution is 2.38. The van der Waals surface area contributed by atoms with E-state index >= 15 is 0 Å². The molecule has 0 amide bonds. The van der Waals surface area contributed by atoms with E-state index in [4.69, 9.17) is 5.73 Å². The van der Waals surface area contributed by atoms with E-state index < -0.39 is 0 Å². The van der Waals surface area contributed by atoms with Crippen LogP contribution in [0.1, 0.15) is 47.0 Å². The Morgan fingerprint density at radius 1 is 1.47 bits per heavy atom. The predicted octanol–water partition coefficient (Wildman–Crippen LogP) is 2.48. The van der Waals surface area contributed by atoms with Crippen molar-refractivity contribution in [2.75, 3.05) is 19.6 Å². The van der Waals surface area contributed by atoms with Crippen molar-refractivity contribution in [1.82, 2.24) is 4.90 Å². The minimum absolute atomic E-state index is 0.489. The Morgan fingerprint density at radius 2 is 2.13 bits per heavy atom. The molecule has 2 nitrogen and oxygen atoms in total. The molecule has 2 N–H and O–H groups in total. The smallest absolute Gasteiger partial charge is 0.00644 e. The van der Waals surface area contributed by atoms with Gasteiger partial charge < -0.3 is 10.6 Å². The average molecular weight is 212 g/mol. The minimum Gasteiger partial charge on any atom is -0.330 e. The van der Waals surface area contributed by atoms with Crippen LogP contribution in [-0.2, 0) is 0 Å². The molecule has 1 heterocycles. The van der Waals surface area contributed by atoms with Crippen molar-refractivity contribution in [3.05, 3.63) is 0 Å². The van der Waals surface area contributed by atoms with Gasteiger partial charge in [0.25, 0.3) is 0 Å². The normalized spacial score (nSPS) is 29.0. The molecule has 0 aromatic carbocycles. The highest BCUT2D eigenvalue weighted by atomic mass is 15.2. The lowest BCUT2D eigenvalue weighted by molar-refractivity contribution is 0.0340. The molecule has 1 fully saturated rings. The largest absolute Gasteiger partial charge is 0.330 e. The zero-order valence-corrected chi connectivity index (χ0v) is 10.9. The van der Waals surface area contributed by atoms with E-state index in [2.05, 4.69) is 32.6 Å². The lowest BCUT2D eigenvalue weighted by atomic mass is 9.71. The average Bonchev–Trinajstić information content (AvgIpc) is 2.20. The number of rotatable bonds is 4. The van der Waals surface area contributed by atoms with E-state index in [0.717, 1.165) is 18.5 Å². The SMILES string of the molecule is CCC(C)N1CCC(C)(C)C(CCN)C1. The molecule has 1 aliphatic heterocycles. The summed E-state index contributed by atoms with van der Waals surface area (Å²) in [5.74, 6) is 0.783. The first-order valence-electron chi connectivity index (χ1n) is 6.45. The summed E-state index contributed by atoms with van der Waals surface area (Å²) in [5.41, 5.74) is 6.21. The van der Waals surface area contributed by atoms with Crippen molar-refractivity contribution < 1.29 is 0 Å². The zero-order chi connectivity index (χ0) is 11.5. The number of hydrogen-bond acceptors (Lipinski definition) is 2. The van der Waals surface area contributed by atoms with Gasteiger partial charge in [0, 0.05) is 12.6 Å². The minimum atomic E-state index is 0.489. The first-order valence-corrected chi connectivity index (χ1v) is 6.45. The molecular weight excluding hydrogens is 184 g/mol. The van der Waals surface area contributed by atoms with Crippen LogP contribution < -0.4 is 5.73 Å². The second-order valence-corrected chi connectivity index (χ2v) is 5.77. The van der Waals surface area contributed by atoms with Crippen molar-refractivity contribution in [3.63, 3.8) is 0 Å². The predicted molar refractivity (Wildman–Crippen MR) is 66.9 cm³/mol. The molecule has 1 aliphatic rings. The van der Waals surface area contributed by atoms with Crippen molar-refractivity contribution in [2.24, 2.45) is 17.1 Å². The fraction of sp³-hybridized carbons (Fsp3) is 1.00. The summed E-state index contributed by atoms with van der Waals surface area (Å²) in [4.78, 5) is 2.64. The Bertz CT molecular complexity index is 189. The maximum Gasteiger partial charge on any atom is 0.00644 e. The second kappa shape index (κ2) is 5.31. The summed E-state index contributed by atoms with van der Waals surface area (Å²) in [5, 5.41) is 0. The molecule has 0 aromatic rings. The third-order valence-electron chi connectivity index (χ3n) is 4.33. The van der Waals surface area contributed by atoms with Crippen LogP contribution in [-0.4, -0.2) is 30.6 Å². The van der Waals surface area contributed by atoms with Crippen LogP contribution in [0.15, 0.2) is 0 Å². The van der Waals surface area contributed by atoms with Crippen LogP contribution >= 0.6 is 0 Å². The molecule has 0 aliphatic carbocycles. The maximum absolute atomic E-state index is 5.72. The highest BCUT2D eigenvalue weighted by Gasteiger charge is 2.35. The van der Waals surface area contributed by atoms with Gasteiger partial charge in [0.15, 0.2) is 0 Å². The van der Waals surface area contributed by atoms with Crippen molar-refractivity contribution >= 4 is 0 Å². The van der Waals surface area contributed by atoms with Gasteiger partial charge in [0.2, 0.25) is 0 Å². The standard InChI is InChI=1S/C13H28N2/c1-5-11(2)15-9-7-13(3,4)12(10-15)6-8-14/h11-12H,5-10,14H2,1-4H3. The molecule has 15 heavy (non-hydrogen) atoms. The summed E-state index contributed by atoms with van der Waals surface area (Å²) in [6.07, 6.45) is 3.76. The van der Waals surface area contributed by atoms with Gasteiger partial charge in [-0.15, -0.1) is 0 Å². The molecule has 0 aromatic heterocycles. The lowest BCUT2D eigenvalue weighted by Crippen LogP contribution is -2.48. The number of nitrogens with two attached hydrogens (primary N) is 1. The van der Waals surface area contributed by atoms with Gasteiger partial charge in [-0.2, -0.15) is 0 Å². The van der Waals surface area contributed by atoms with Crippen LogP contribution in [0.3, 0.4) is 0 Å². The first-order chi connectivity index (χ1) is 7.01. The van der Waals surface area contributed by atoms with Crippen LogP contribution in [0.2, 0.25) is 0 Å². The van der Waals surface area contributed by atoms with E-state index in [9.17, 15) is 0 Å². The Balaban J connectivity index is 2.58. The van der Waals surface area contributed by atoms with Crippen LogP contribution in [0, 0.1) is 11.3 Å². The van der Waals surface area contributed by atoms with Crippen molar-refractivity contribution in [2.45, 2.75) is 53.0 Å². The van der Waals surface area contributed by atoms with E-state index in [1.807, 2.05) is 0 Å². The monoisotopic (exact) mass is 212 g/mol. The molecule has 0 bridgehead atoms. The third kappa shape index (κ3) is 3.18. The van der Waals surface area contributed by atoms with Gasteiger partial charge in [-0.05, 0) is 50.6 Å². The number of likely N-dealkylation sites (tertiary alicyclic amines) is 1. The van der Waals surface area contributed by atoms with Gasteiger partial charge in [-0.3, -0.25) is 0 Å². The fourth-order valence-corrected chi connectivity index (χ4v) is 2.60. The maximum atomic E-state index is 5.72. The fourth-order valence-electron chi connectivity index (χ4n) is 2.60. The number of piperidine rings is 1. The molecule has 2 unspecified atom stereocenters. The Morgan fingerprint density at radius 3 is 2.67 bits per heavy atom. The molecule has 0 spiro atoms. The molecule has 2 atom stereocenters. The summed E-state index contributed by atoms with van der Waals surface area (Å²) in [7, 11) is 0. The lowest BCUT2D eigenvalue weighted by Gasteiger charge is -2.46. The molecule has 0 saturated carbocycles. The summed E-state index contributed by atoms with van der Waals surface area (Å²) in [6, 6.07) is 0.737. The highest BCUT2D eigenvalue weighted by molar-refractivity contribution is 4.88. The Kier molecular flexibility index (Phi) is 4.60. The molecule has 1 rings (SSSR count). The summed E-state index contributed by atoms with van der Waals surface area (Å²) >= 11 is 0. The zero-order valence-electron chi connectivity index (χ0n) is 10.9. The van der Waals surface area contributed by atoms with Crippen molar-refractivity contribution in [1.29, 1.82) is 0 Å². The van der Waals surface area contributed by atoms with Crippen LogP contribution in [0.25, 0.3) is 0 Å². The Labute approximate surface area is 95.2 Å². The second-order valence-electron chi connectivity index (χ2n) is 5.77. The van der Waals surface area contributed by atoms with Crippen molar-refractivity contribution in [3.8, 4) is 0 Å². The van der Waals surface area contributed by atoms with Gasteiger partial charge in [-0.1, -0.05) is 20.8 Å². The molecule has 90 valence electrons. The molecule has 1 saturated heterocycles. The van der Waals surface area contributed by atoms with E-state index in [1.165, 1.54) is 32.4 Å². The Hall–Kier alpha value is -0.0800. The molecule has 2 heteroatoms. The topological polar surface area (TPSA) is 29.3 Å². The van der Waals surface area contributed by atoms with Gasteiger partial charge in [0.05, 0.1) is 0 Å². The summed E-state index contributed by atoms with van der Waals surface area (Å²) < 4.78 is 0. The molecular formula is C13H28N2. The summed E-state index contributed by atoms with van der Waals surface area (Å²) in [6.45, 7) is 12.8. The number of nitrogens with zero attached hydrogens (tertiary/aromatic N) is 1. The van der Waals surface area contributed by atoms with Gasteiger partial charge >= 0.3 is 0 Å². The first kappa shape index (κ1) is 13.0. The third-order valence-corrected chi connectivity index (χ3v) is 4.33. The van der Waals surface area contributed by atoms with E-state index in [0.29, 0.717) is 5.41 Å². The van der Waals surface area contributed by atoms with Crippen LogP contribution in [0.5, 0.6) is 0 Å². The van der Waals surface area contributed by atoms with Crippen LogP contribution in [0.4, 0.5) is 0 Å². The quantitative estimate of drug-likeness (QED) is 0.776. The molecule has 0 radical (unpaired) electrons.